The first kappa shape index (κ1) is 31.5. The summed E-state index contributed by atoms with van der Waals surface area (Å²) in [6.07, 6.45) is -0.678. The minimum atomic E-state index is -1.09. The number of phenols is 2. The smallest absolute Gasteiger partial charge is 0.408 e. The molecule has 0 radical (unpaired) electrons. The summed E-state index contributed by atoms with van der Waals surface area (Å²) >= 11 is 0. The number of rotatable bonds is 7. The molecule has 3 amide bonds. The number of ether oxygens (including phenoxy) is 1. The molecule has 9 heteroatoms. The number of alkyl carbamates (subject to hydrolysis) is 1. The van der Waals surface area contributed by atoms with Gasteiger partial charge in [0.25, 0.3) is 0 Å². The lowest BCUT2D eigenvalue weighted by Crippen LogP contribution is -2.60. The van der Waals surface area contributed by atoms with Gasteiger partial charge in [-0.15, -0.1) is 0 Å². The van der Waals surface area contributed by atoms with Gasteiger partial charge < -0.3 is 30.5 Å². The van der Waals surface area contributed by atoms with Crippen molar-refractivity contribution in [1.29, 1.82) is 0 Å². The van der Waals surface area contributed by atoms with Gasteiger partial charge in [-0.3, -0.25) is 9.59 Å². The van der Waals surface area contributed by atoms with E-state index in [-0.39, 0.29) is 17.9 Å². The number of aromatic hydroxyl groups is 2. The van der Waals surface area contributed by atoms with Gasteiger partial charge in [-0.05, 0) is 97.7 Å². The van der Waals surface area contributed by atoms with E-state index in [0.29, 0.717) is 11.1 Å². The first-order chi connectivity index (χ1) is 17.8. The van der Waals surface area contributed by atoms with Crippen LogP contribution < -0.4 is 10.6 Å². The highest BCUT2D eigenvalue weighted by molar-refractivity contribution is 5.93. The summed E-state index contributed by atoms with van der Waals surface area (Å²) in [4.78, 5) is 42.4. The maximum absolute atomic E-state index is 14.4. The average Bonchev–Trinajstić information content (AvgIpc) is 2.75. The first-order valence-corrected chi connectivity index (χ1v) is 13.0. The number of carbonyl (C=O) groups is 3. The Morgan fingerprint density at radius 2 is 1.31 bits per heavy atom. The minimum Gasteiger partial charge on any atom is -0.508 e. The molecular weight excluding hydrogens is 498 g/mol. The molecular formula is C30H43N3O6. The van der Waals surface area contributed by atoms with Crippen molar-refractivity contribution >= 4 is 17.9 Å². The molecule has 39 heavy (non-hydrogen) atoms. The first-order valence-electron chi connectivity index (χ1n) is 13.0. The quantitative estimate of drug-likeness (QED) is 0.398. The fraction of sp³-hybridized carbons (Fsp3) is 0.500. The second kappa shape index (κ2) is 12.0. The number of amides is 3. The molecule has 0 aromatic heterocycles. The van der Waals surface area contributed by atoms with E-state index < -0.39 is 46.7 Å². The Bertz CT molecular complexity index is 1140. The van der Waals surface area contributed by atoms with E-state index in [0.717, 1.165) is 0 Å². The van der Waals surface area contributed by atoms with Crippen molar-refractivity contribution in [1.82, 2.24) is 15.5 Å². The summed E-state index contributed by atoms with van der Waals surface area (Å²) in [6.45, 7) is 16.2. The number of phenolic OH excluding ortho intramolecular Hbond substituents is 2. The second-order valence-corrected chi connectivity index (χ2v) is 12.7. The average molecular weight is 542 g/mol. The van der Waals surface area contributed by atoms with E-state index in [1.165, 1.54) is 29.2 Å². The van der Waals surface area contributed by atoms with Gasteiger partial charge in [0, 0.05) is 17.5 Å². The van der Waals surface area contributed by atoms with Gasteiger partial charge in [0.15, 0.2) is 0 Å². The van der Waals surface area contributed by atoms with Crippen LogP contribution in [0.5, 0.6) is 11.5 Å². The highest BCUT2D eigenvalue weighted by atomic mass is 16.6. The monoisotopic (exact) mass is 541 g/mol. The molecule has 9 nitrogen and oxygen atoms in total. The van der Waals surface area contributed by atoms with Crippen LogP contribution in [0.4, 0.5) is 4.79 Å². The van der Waals surface area contributed by atoms with Crippen LogP contribution in [0, 0.1) is 0 Å². The third kappa shape index (κ3) is 9.81. The predicted octanol–water partition coefficient (Wildman–Crippen LogP) is 4.82. The van der Waals surface area contributed by atoms with Crippen LogP contribution in [0.2, 0.25) is 0 Å². The fourth-order valence-electron chi connectivity index (χ4n) is 4.04. The zero-order valence-electron chi connectivity index (χ0n) is 24.5. The predicted molar refractivity (Wildman–Crippen MR) is 150 cm³/mol. The maximum atomic E-state index is 14.4. The lowest BCUT2D eigenvalue weighted by molar-refractivity contribution is -0.149. The lowest BCUT2D eigenvalue weighted by atomic mass is 9.93. The summed E-state index contributed by atoms with van der Waals surface area (Å²) in [5.74, 6) is -0.802. The normalized spacial score (nSPS) is 13.7. The van der Waals surface area contributed by atoms with Gasteiger partial charge in [-0.25, -0.2) is 4.79 Å². The van der Waals surface area contributed by atoms with Gasteiger partial charge in [0.1, 0.15) is 29.2 Å². The Labute approximate surface area is 231 Å². The molecule has 0 heterocycles. The molecule has 2 atom stereocenters. The van der Waals surface area contributed by atoms with Gasteiger partial charge in [-0.2, -0.15) is 0 Å². The molecule has 0 aliphatic rings. The van der Waals surface area contributed by atoms with Gasteiger partial charge in [-0.1, -0.05) is 24.3 Å². The van der Waals surface area contributed by atoms with Crippen LogP contribution in [0.3, 0.4) is 0 Å². The summed E-state index contributed by atoms with van der Waals surface area (Å²) in [6, 6.07) is 10.3. The van der Waals surface area contributed by atoms with Crippen LogP contribution in [0.15, 0.2) is 48.5 Å². The van der Waals surface area contributed by atoms with E-state index in [9.17, 15) is 24.6 Å². The molecule has 0 fully saturated rings. The largest absolute Gasteiger partial charge is 0.508 e. The second-order valence-electron chi connectivity index (χ2n) is 12.7. The minimum absolute atomic E-state index is 0.0270. The molecule has 2 aromatic rings. The van der Waals surface area contributed by atoms with Crippen LogP contribution in [0.1, 0.15) is 79.5 Å². The molecule has 2 rings (SSSR count). The molecule has 0 saturated carbocycles. The molecule has 0 aliphatic heterocycles. The highest BCUT2D eigenvalue weighted by Gasteiger charge is 2.42. The van der Waals surface area contributed by atoms with Crippen LogP contribution >= 0.6 is 0 Å². The number of nitrogens with one attached hydrogen (secondary N) is 2. The Hall–Kier alpha value is -3.75. The van der Waals surface area contributed by atoms with Crippen molar-refractivity contribution in [3.63, 3.8) is 0 Å². The SMILES string of the molecule is CC(C)(C)NC(=O)C(c1ccc(O)cc1)N(C(=O)C(Cc1ccc(O)cc1)NC(=O)OC(C)(C)C)C(C)(C)C. The van der Waals surface area contributed by atoms with Crippen molar-refractivity contribution in [3.8, 4) is 11.5 Å². The van der Waals surface area contributed by atoms with E-state index in [2.05, 4.69) is 10.6 Å². The third-order valence-electron chi connectivity index (χ3n) is 5.54. The molecule has 0 saturated heterocycles. The van der Waals surface area contributed by atoms with E-state index >= 15 is 0 Å². The van der Waals surface area contributed by atoms with E-state index in [1.807, 2.05) is 41.5 Å². The van der Waals surface area contributed by atoms with Crippen molar-refractivity contribution < 1.29 is 29.3 Å². The zero-order chi connectivity index (χ0) is 29.8. The molecule has 2 unspecified atom stereocenters. The highest BCUT2D eigenvalue weighted by Crippen LogP contribution is 2.32. The molecule has 2 aromatic carbocycles. The number of hydrogen-bond acceptors (Lipinski definition) is 6. The van der Waals surface area contributed by atoms with E-state index in [4.69, 9.17) is 4.74 Å². The van der Waals surface area contributed by atoms with Gasteiger partial charge in [0.2, 0.25) is 11.8 Å². The maximum Gasteiger partial charge on any atom is 0.408 e. The van der Waals surface area contributed by atoms with Crippen molar-refractivity contribution in [2.75, 3.05) is 0 Å². The number of carbonyl (C=O) groups excluding carboxylic acids is 3. The Balaban J connectivity index is 2.62. The lowest BCUT2D eigenvalue weighted by Gasteiger charge is -2.43. The van der Waals surface area contributed by atoms with Gasteiger partial charge in [0.05, 0.1) is 0 Å². The number of hydrogen-bond donors (Lipinski definition) is 4. The van der Waals surface area contributed by atoms with Crippen LogP contribution in [-0.2, 0) is 20.7 Å². The number of benzene rings is 2. The molecule has 0 spiro atoms. The van der Waals surface area contributed by atoms with E-state index in [1.54, 1.807) is 45.0 Å². The fourth-order valence-corrected chi connectivity index (χ4v) is 4.04. The Morgan fingerprint density at radius 1 is 0.821 bits per heavy atom. The molecule has 4 N–H and O–H groups in total. The topological polar surface area (TPSA) is 128 Å². The summed E-state index contributed by atoms with van der Waals surface area (Å²) in [5.41, 5.74) is -1.05. The van der Waals surface area contributed by atoms with Crippen LogP contribution in [0.25, 0.3) is 0 Å². The number of nitrogens with zero attached hydrogens (tertiary/aromatic N) is 1. The van der Waals surface area contributed by atoms with Crippen LogP contribution in [-0.4, -0.2) is 55.7 Å². The van der Waals surface area contributed by atoms with Crippen molar-refractivity contribution in [2.45, 2.75) is 97.5 Å². The van der Waals surface area contributed by atoms with Crippen molar-refractivity contribution in [3.05, 3.63) is 59.7 Å². The Morgan fingerprint density at radius 3 is 1.74 bits per heavy atom. The van der Waals surface area contributed by atoms with Gasteiger partial charge >= 0.3 is 6.09 Å². The summed E-state index contributed by atoms with van der Waals surface area (Å²) in [7, 11) is 0. The Kier molecular flexibility index (Phi) is 9.66. The summed E-state index contributed by atoms with van der Waals surface area (Å²) < 4.78 is 5.44. The zero-order valence-corrected chi connectivity index (χ0v) is 24.5. The standard InChI is InChI=1S/C30H43N3O6/c1-28(2,3)32-25(36)24(20-12-16-22(35)17-13-20)33(29(4,5)6)26(37)23(31-27(38)39-30(7,8)9)18-19-10-14-21(34)15-11-19/h10-17,23-24,34-35H,18H2,1-9H3,(H,31,38)(H,32,36). The molecule has 214 valence electrons. The third-order valence-corrected chi connectivity index (χ3v) is 5.54. The summed E-state index contributed by atoms with van der Waals surface area (Å²) in [5, 5.41) is 25.3. The molecule has 0 bridgehead atoms. The molecule has 0 aliphatic carbocycles. The van der Waals surface area contributed by atoms with Crippen molar-refractivity contribution in [2.24, 2.45) is 0 Å².